The molecule has 0 radical (unpaired) electrons. The second-order valence-corrected chi connectivity index (χ2v) is 4.96. The second kappa shape index (κ2) is 9.98. The number of rotatable bonds is 8. The third-order valence-electron chi connectivity index (χ3n) is 2.79. The van der Waals surface area contributed by atoms with Crippen LogP contribution in [-0.2, 0) is 41.9 Å². The highest BCUT2D eigenvalue weighted by atomic mass is 16.5. The Hall–Kier alpha value is -2.90. The summed E-state index contributed by atoms with van der Waals surface area (Å²) in [6, 6.07) is 6.96. The summed E-state index contributed by atoms with van der Waals surface area (Å²) < 4.78 is 9.98. The summed E-state index contributed by atoms with van der Waals surface area (Å²) >= 11 is 0. The molecule has 2 amide bonds. The van der Waals surface area contributed by atoms with Gasteiger partial charge in [-0.15, -0.1) is 0 Å². The molecule has 0 atom stereocenters. The van der Waals surface area contributed by atoms with Crippen molar-refractivity contribution in [3.05, 3.63) is 35.4 Å². The Kier molecular flexibility index (Phi) is 7.97. The molecule has 24 heavy (non-hydrogen) atoms. The molecule has 8 nitrogen and oxygen atoms in total. The maximum atomic E-state index is 11.4. The van der Waals surface area contributed by atoms with E-state index in [1.54, 1.807) is 24.3 Å². The lowest BCUT2D eigenvalue weighted by molar-refractivity contribution is -0.145. The van der Waals surface area contributed by atoms with Gasteiger partial charge in [-0.2, -0.15) is 0 Å². The van der Waals surface area contributed by atoms with Crippen LogP contribution in [0.15, 0.2) is 24.3 Å². The van der Waals surface area contributed by atoms with Gasteiger partial charge in [-0.05, 0) is 11.1 Å². The number of carbonyl (C=O) groups excluding carboxylic acids is 4. The average Bonchev–Trinajstić information content (AvgIpc) is 2.55. The van der Waals surface area contributed by atoms with Crippen LogP contribution >= 0.6 is 0 Å². The van der Waals surface area contributed by atoms with Crippen LogP contribution < -0.4 is 10.6 Å². The van der Waals surface area contributed by atoms with Crippen LogP contribution in [0.5, 0.6) is 0 Å². The minimum atomic E-state index is -0.527. The number of hydrogen-bond donors (Lipinski definition) is 2. The molecule has 0 spiro atoms. The summed E-state index contributed by atoms with van der Waals surface area (Å²) in [5.41, 5.74) is 1.53. The van der Waals surface area contributed by atoms with E-state index >= 15 is 0 Å². The minimum absolute atomic E-state index is 0.0843. The van der Waals surface area contributed by atoms with Crippen molar-refractivity contribution >= 4 is 23.8 Å². The van der Waals surface area contributed by atoms with Crippen molar-refractivity contribution in [3.63, 3.8) is 0 Å². The molecule has 0 heterocycles. The van der Waals surface area contributed by atoms with Crippen LogP contribution in [0.4, 0.5) is 0 Å². The van der Waals surface area contributed by atoms with Crippen molar-refractivity contribution in [1.29, 1.82) is 0 Å². The molecule has 0 aromatic heterocycles. The SMILES string of the molecule is CC(=O)NCC(=O)OCc1ccc(COC(=O)CNC(C)=O)cc1. The van der Waals surface area contributed by atoms with Gasteiger partial charge in [0.1, 0.15) is 26.3 Å². The Labute approximate surface area is 139 Å². The number of carbonyl (C=O) groups is 4. The maximum absolute atomic E-state index is 11.4. The largest absolute Gasteiger partial charge is 0.460 e. The predicted molar refractivity (Wildman–Crippen MR) is 83.4 cm³/mol. The molecule has 0 aliphatic carbocycles. The van der Waals surface area contributed by atoms with Gasteiger partial charge in [-0.25, -0.2) is 0 Å². The fourth-order valence-corrected chi connectivity index (χ4v) is 1.55. The molecule has 0 fully saturated rings. The number of ether oxygens (including phenoxy) is 2. The molecule has 0 bridgehead atoms. The molecule has 8 heteroatoms. The molecule has 130 valence electrons. The lowest BCUT2D eigenvalue weighted by Crippen LogP contribution is -2.28. The van der Waals surface area contributed by atoms with Gasteiger partial charge in [0.15, 0.2) is 0 Å². The zero-order valence-corrected chi connectivity index (χ0v) is 13.6. The topological polar surface area (TPSA) is 111 Å². The van der Waals surface area contributed by atoms with Crippen molar-refractivity contribution in [2.75, 3.05) is 13.1 Å². The van der Waals surface area contributed by atoms with E-state index < -0.39 is 11.9 Å². The van der Waals surface area contributed by atoms with E-state index in [4.69, 9.17) is 9.47 Å². The van der Waals surface area contributed by atoms with Crippen molar-refractivity contribution in [2.24, 2.45) is 0 Å². The van der Waals surface area contributed by atoms with Gasteiger partial charge in [0.25, 0.3) is 0 Å². The van der Waals surface area contributed by atoms with Gasteiger partial charge in [0, 0.05) is 13.8 Å². The molecule has 1 aromatic carbocycles. The highest BCUT2D eigenvalue weighted by Gasteiger charge is 2.06. The smallest absolute Gasteiger partial charge is 0.325 e. The number of hydrogen-bond acceptors (Lipinski definition) is 6. The standard InChI is InChI=1S/C16H20N2O6/c1-11(19)17-7-15(21)23-9-13-3-5-14(6-4-13)10-24-16(22)8-18-12(2)20/h3-6H,7-10H2,1-2H3,(H,17,19)(H,18,20). The third-order valence-corrected chi connectivity index (χ3v) is 2.79. The van der Waals surface area contributed by atoms with E-state index in [1.807, 2.05) is 0 Å². The Morgan fingerprint density at radius 2 is 1.08 bits per heavy atom. The summed E-state index contributed by atoms with van der Waals surface area (Å²) in [5, 5.41) is 4.69. The molecular weight excluding hydrogens is 316 g/mol. The van der Waals surface area contributed by atoms with Crippen LogP contribution in [0.2, 0.25) is 0 Å². The number of amides is 2. The van der Waals surface area contributed by atoms with Gasteiger partial charge in [-0.1, -0.05) is 24.3 Å². The Morgan fingerprint density at radius 3 is 1.38 bits per heavy atom. The third kappa shape index (κ3) is 8.52. The molecule has 1 rings (SSSR count). The van der Waals surface area contributed by atoms with E-state index in [1.165, 1.54) is 13.8 Å². The molecule has 0 saturated carbocycles. The Bertz CT molecular complexity index is 544. The normalized spacial score (nSPS) is 9.75. The average molecular weight is 336 g/mol. The lowest BCUT2D eigenvalue weighted by atomic mass is 10.1. The first-order chi connectivity index (χ1) is 11.4. The number of benzene rings is 1. The highest BCUT2D eigenvalue weighted by molar-refractivity contribution is 5.80. The first-order valence-corrected chi connectivity index (χ1v) is 7.24. The highest BCUT2D eigenvalue weighted by Crippen LogP contribution is 2.07. The first-order valence-electron chi connectivity index (χ1n) is 7.24. The first kappa shape index (κ1) is 19.1. The molecule has 0 saturated heterocycles. The molecular formula is C16H20N2O6. The van der Waals surface area contributed by atoms with Gasteiger partial charge < -0.3 is 20.1 Å². The summed E-state index contributed by atoms with van der Waals surface area (Å²) in [6.45, 7) is 2.46. The van der Waals surface area contributed by atoms with Gasteiger partial charge in [0.05, 0.1) is 0 Å². The van der Waals surface area contributed by atoms with Crippen LogP contribution in [0, 0.1) is 0 Å². The van der Waals surface area contributed by atoms with Crippen LogP contribution in [0.1, 0.15) is 25.0 Å². The van der Waals surface area contributed by atoms with Crippen molar-refractivity contribution < 1.29 is 28.7 Å². The van der Waals surface area contributed by atoms with E-state index in [0.29, 0.717) is 0 Å². The van der Waals surface area contributed by atoms with E-state index in [0.717, 1.165) is 11.1 Å². The van der Waals surface area contributed by atoms with Crippen molar-refractivity contribution in [1.82, 2.24) is 10.6 Å². The predicted octanol–water partition coefficient (Wildman–Crippen LogP) is 0.0452. The molecule has 0 aliphatic rings. The quantitative estimate of drug-likeness (QED) is 0.649. The van der Waals surface area contributed by atoms with Crippen LogP contribution in [0.3, 0.4) is 0 Å². The zero-order valence-electron chi connectivity index (χ0n) is 13.6. The maximum Gasteiger partial charge on any atom is 0.325 e. The van der Waals surface area contributed by atoms with Crippen molar-refractivity contribution in [2.45, 2.75) is 27.1 Å². The summed E-state index contributed by atoms with van der Waals surface area (Å²) in [4.78, 5) is 44.0. The van der Waals surface area contributed by atoms with E-state index in [-0.39, 0.29) is 38.1 Å². The van der Waals surface area contributed by atoms with Gasteiger partial charge in [-0.3, -0.25) is 19.2 Å². The summed E-state index contributed by atoms with van der Waals surface area (Å²) in [5.74, 6) is -1.66. The Balaban J connectivity index is 2.32. The molecule has 0 aliphatic heterocycles. The van der Waals surface area contributed by atoms with E-state index in [9.17, 15) is 19.2 Å². The summed E-state index contributed by atoms with van der Waals surface area (Å²) in [6.07, 6.45) is 0. The van der Waals surface area contributed by atoms with Crippen molar-refractivity contribution in [3.8, 4) is 0 Å². The molecule has 2 N–H and O–H groups in total. The van der Waals surface area contributed by atoms with Gasteiger partial charge in [0.2, 0.25) is 11.8 Å². The fourth-order valence-electron chi connectivity index (χ4n) is 1.55. The summed E-state index contributed by atoms with van der Waals surface area (Å²) in [7, 11) is 0. The zero-order chi connectivity index (χ0) is 17.9. The molecule has 0 unspecified atom stereocenters. The van der Waals surface area contributed by atoms with Gasteiger partial charge >= 0.3 is 11.9 Å². The molecule has 1 aromatic rings. The number of nitrogens with one attached hydrogen (secondary N) is 2. The lowest BCUT2D eigenvalue weighted by Gasteiger charge is -2.08. The fraction of sp³-hybridized carbons (Fsp3) is 0.375. The minimum Gasteiger partial charge on any atom is -0.460 e. The van der Waals surface area contributed by atoms with Crippen LogP contribution in [0.25, 0.3) is 0 Å². The van der Waals surface area contributed by atoms with E-state index in [2.05, 4.69) is 10.6 Å². The monoisotopic (exact) mass is 336 g/mol. The van der Waals surface area contributed by atoms with Crippen LogP contribution in [-0.4, -0.2) is 36.8 Å². The Morgan fingerprint density at radius 1 is 0.750 bits per heavy atom. The number of esters is 2. The second-order valence-electron chi connectivity index (χ2n) is 4.96.